The molecule has 0 saturated carbocycles. The number of benzene rings is 2. The normalized spacial score (nSPS) is 23.4. The van der Waals surface area contributed by atoms with Gasteiger partial charge in [0, 0.05) is 28.7 Å². The second-order valence-electron chi connectivity index (χ2n) is 8.66. The van der Waals surface area contributed by atoms with Crippen LogP contribution in [0.1, 0.15) is 6.23 Å². The van der Waals surface area contributed by atoms with E-state index in [2.05, 4.69) is 13.1 Å². The van der Waals surface area contributed by atoms with Crippen molar-refractivity contribution in [3.63, 3.8) is 0 Å². The van der Waals surface area contributed by atoms with Crippen LogP contribution in [0.4, 0.5) is 5.69 Å². The van der Waals surface area contributed by atoms with Crippen LogP contribution in [0, 0.1) is 0 Å². The van der Waals surface area contributed by atoms with Gasteiger partial charge in [-0.2, -0.15) is 8.42 Å². The van der Waals surface area contributed by atoms with Crippen molar-refractivity contribution in [3.8, 4) is 0 Å². The molecule has 4 rings (SSSR count). The Balaban J connectivity index is 0.00000353. The van der Waals surface area contributed by atoms with Crippen LogP contribution in [0.2, 0.25) is 0 Å². The maximum atomic E-state index is 12.4. The molecule has 0 amide bonds. The number of anilines is 1. The largest absolute Gasteiger partial charge is 1.00 e. The van der Waals surface area contributed by atoms with Crippen molar-refractivity contribution in [1.29, 1.82) is 0 Å². The number of hydrogen-bond donors (Lipinski definition) is 5. The Labute approximate surface area is 324 Å². The van der Waals surface area contributed by atoms with Gasteiger partial charge in [0.25, 0.3) is 31.3 Å². The molecule has 1 aromatic heterocycles. The molecule has 0 bridgehead atoms. The molecule has 2 heterocycles. The number of nitrogens with zero attached hydrogens (tertiary/aromatic N) is 1. The molecule has 1 saturated heterocycles. The number of fused-ring (bicyclic) bond motifs is 1. The van der Waals surface area contributed by atoms with Crippen LogP contribution >= 0.6 is 23.4 Å². The molecular formula is C19H19N3Na3O17P3S. The molecule has 27 heteroatoms. The quantitative estimate of drug-likeness (QED) is 0.0689. The van der Waals surface area contributed by atoms with Gasteiger partial charge in [0.2, 0.25) is 7.75 Å². The minimum atomic E-state index is -6.29. The van der Waals surface area contributed by atoms with Gasteiger partial charge < -0.3 is 39.2 Å². The van der Waals surface area contributed by atoms with E-state index < -0.39 is 86.5 Å². The van der Waals surface area contributed by atoms with Crippen LogP contribution in [-0.2, 0) is 41.7 Å². The zero-order valence-electron chi connectivity index (χ0n) is 23.9. The first kappa shape index (κ1) is 44.4. The molecule has 1 aliphatic rings. The van der Waals surface area contributed by atoms with E-state index in [0.29, 0.717) is 4.57 Å². The van der Waals surface area contributed by atoms with Crippen molar-refractivity contribution in [2.45, 2.75) is 29.4 Å². The molecule has 0 aliphatic carbocycles. The first-order valence-electron chi connectivity index (χ1n) is 11.4. The van der Waals surface area contributed by atoms with Gasteiger partial charge in [0.05, 0.1) is 6.61 Å². The first-order chi connectivity index (χ1) is 19.8. The zero-order chi connectivity index (χ0) is 32.0. The molecule has 1 fully saturated rings. The predicted molar refractivity (Wildman–Crippen MR) is 136 cm³/mol. The Kier molecular flexibility index (Phi) is 16.5. The van der Waals surface area contributed by atoms with E-state index >= 15 is 0 Å². The monoisotopic (exact) mass is 755 g/mol. The summed E-state index contributed by atoms with van der Waals surface area (Å²) in [5.41, 5.74) is -2.26. The van der Waals surface area contributed by atoms with Crippen molar-refractivity contribution < 1.29 is 158 Å². The Morgan fingerprint density at radius 1 is 0.913 bits per heavy atom. The summed E-state index contributed by atoms with van der Waals surface area (Å²) < 4.78 is 87.1. The number of aromatic nitrogens is 2. The number of H-pyrrole nitrogens is 1. The predicted octanol–water partition coefficient (Wildman–Crippen LogP) is -10.9. The Morgan fingerprint density at radius 2 is 1.52 bits per heavy atom. The van der Waals surface area contributed by atoms with Gasteiger partial charge in [-0.25, -0.2) is 9.11 Å². The van der Waals surface area contributed by atoms with E-state index in [1.54, 1.807) is 5.09 Å². The van der Waals surface area contributed by atoms with Gasteiger partial charge in [-0.05, 0) is 12.1 Å². The van der Waals surface area contributed by atoms with Gasteiger partial charge >= 0.3 is 94.4 Å². The maximum absolute atomic E-state index is 12.4. The molecule has 2 aromatic carbocycles. The molecule has 46 heavy (non-hydrogen) atoms. The van der Waals surface area contributed by atoms with Crippen LogP contribution in [0.5, 0.6) is 0 Å². The number of aliphatic hydroxyl groups excluding tert-OH is 2. The summed E-state index contributed by atoms with van der Waals surface area (Å²) in [7, 11) is -22.8. The fourth-order valence-corrected chi connectivity index (χ4v) is 8.25. The van der Waals surface area contributed by atoms with Crippen molar-refractivity contribution in [3.05, 3.63) is 69.5 Å². The topological polar surface area (TPSA) is 319 Å². The van der Waals surface area contributed by atoms with Crippen LogP contribution in [0.25, 0.3) is 10.8 Å². The Bertz CT molecular complexity index is 1930. The molecule has 20 nitrogen and oxygen atoms in total. The van der Waals surface area contributed by atoms with Gasteiger partial charge in [-0.15, -0.1) is 0 Å². The van der Waals surface area contributed by atoms with Crippen LogP contribution in [0.15, 0.2) is 63.1 Å². The molecule has 0 spiro atoms. The number of nitrogens with one attached hydrogen (secondary N) is 2. The van der Waals surface area contributed by atoms with E-state index in [9.17, 15) is 61.1 Å². The second kappa shape index (κ2) is 17.1. The minimum absolute atomic E-state index is 0. The van der Waals surface area contributed by atoms with Crippen LogP contribution in [-0.4, -0.2) is 57.7 Å². The molecule has 5 N–H and O–H groups in total. The number of aliphatic hydroxyl groups is 2. The van der Waals surface area contributed by atoms with Crippen molar-refractivity contribution in [1.82, 2.24) is 9.55 Å². The number of ether oxygens (including phenoxy) is 1. The summed E-state index contributed by atoms with van der Waals surface area (Å²) >= 11 is 0. The summed E-state index contributed by atoms with van der Waals surface area (Å²) in [4.78, 5) is 61.1. The second-order valence-corrected chi connectivity index (χ2v) is 14.6. The standard InChI is InChI=1S/C19H22N3O17P3S.3Na/c23-15-7-8-22(19(26)20-15)18-17(25)16(24)13(37-18)9-36-41(29,30)39-42(31,32)38-40(27,28)21-12-5-1-4-11-10(12)3-2-6-14(11)43(33,34)35;;;/h1-8,13,16-18,24-25H,9H2,(H,29,30)(H,31,32)(H,20,23,26)(H2,21,27,28)(H,33,34,35);;;/q;3*+1/p-3/t13-,16-,17-,18-;;;/m1.../s1. The number of rotatable bonds is 11. The molecule has 0 radical (unpaired) electrons. The van der Waals surface area contributed by atoms with Crippen LogP contribution in [0.3, 0.4) is 0 Å². The average Bonchev–Trinajstić information content (AvgIpc) is 3.14. The third-order valence-corrected chi connectivity index (χ3v) is 10.8. The van der Waals surface area contributed by atoms with E-state index in [1.165, 1.54) is 12.1 Å². The molecule has 1 aliphatic heterocycles. The molecule has 7 atom stereocenters. The third-order valence-electron chi connectivity index (χ3n) is 5.68. The van der Waals surface area contributed by atoms with E-state index in [0.717, 1.165) is 36.5 Å². The van der Waals surface area contributed by atoms with E-state index in [-0.39, 0.29) is 99.4 Å². The van der Waals surface area contributed by atoms with Gasteiger partial charge in [0.15, 0.2) is 6.23 Å². The summed E-state index contributed by atoms with van der Waals surface area (Å²) in [6.07, 6.45) is -6.17. The molecule has 3 aromatic rings. The fourth-order valence-electron chi connectivity index (χ4n) is 3.95. The smallest absolute Gasteiger partial charge is 0.761 e. The fraction of sp³-hybridized carbons (Fsp3) is 0.263. The summed E-state index contributed by atoms with van der Waals surface area (Å²) in [6, 6.07) is 7.69. The average molecular weight is 755 g/mol. The van der Waals surface area contributed by atoms with E-state index in [1.807, 2.05) is 4.98 Å². The zero-order valence-corrected chi connectivity index (χ0v) is 33.4. The Morgan fingerprint density at radius 3 is 2.13 bits per heavy atom. The summed E-state index contributed by atoms with van der Waals surface area (Å²) in [6.45, 7) is -1.20. The number of phosphoric acid groups is 2. The van der Waals surface area contributed by atoms with E-state index in [4.69, 9.17) is 4.74 Å². The number of aromatic amines is 1. The first-order valence-corrected chi connectivity index (χ1v) is 17.3. The molecule has 236 valence electrons. The van der Waals surface area contributed by atoms with Gasteiger partial charge in [-0.3, -0.25) is 36.9 Å². The van der Waals surface area contributed by atoms with Crippen LogP contribution < -0.4 is 120 Å². The minimum Gasteiger partial charge on any atom is -0.761 e. The Hall–Kier alpha value is 0.420. The third kappa shape index (κ3) is 11.2. The van der Waals surface area contributed by atoms with Crippen molar-refractivity contribution in [2.75, 3.05) is 11.7 Å². The summed E-state index contributed by atoms with van der Waals surface area (Å²) in [5.74, 6) is 0. The number of phosphoric ester groups is 1. The summed E-state index contributed by atoms with van der Waals surface area (Å²) in [5, 5.41) is 21.7. The van der Waals surface area contributed by atoms with Gasteiger partial charge in [0.1, 0.15) is 23.2 Å². The molecule has 3 unspecified atom stereocenters. The van der Waals surface area contributed by atoms with Crippen molar-refractivity contribution in [2.24, 2.45) is 0 Å². The SMILES string of the molecule is O=c1ccn([C@@H]2O[C@H](COP(=O)([O-])OP(=O)([O-])OP(=O)([O-])Nc3cccc4c(S(=O)(=O)O)cccc34)[C@@H](O)[C@H]2O)c(=O)[nH]1.[Na+].[Na+].[Na+]. The maximum Gasteiger partial charge on any atom is 1.00 e. The van der Waals surface area contributed by atoms with Gasteiger partial charge in [-0.1, -0.05) is 24.3 Å². The number of hydrogen-bond acceptors (Lipinski definition) is 16. The molecular weight excluding hydrogens is 736 g/mol. The van der Waals surface area contributed by atoms with Crippen molar-refractivity contribution >= 4 is 50.0 Å².